The van der Waals surface area contributed by atoms with Crippen LogP contribution in [0.5, 0.6) is 0 Å². The van der Waals surface area contributed by atoms with E-state index in [1.165, 1.54) is 17.0 Å². The number of alkyl halides is 2. The van der Waals surface area contributed by atoms with Crippen LogP contribution in [-0.4, -0.2) is 34.9 Å². The highest BCUT2D eigenvalue weighted by Gasteiger charge is 2.67. The first kappa shape index (κ1) is 32.2. The maximum Gasteiger partial charge on any atom is 0.414 e. The molecule has 0 heterocycles. The van der Waals surface area contributed by atoms with Gasteiger partial charge >= 0.3 is 6.09 Å². The minimum absolute atomic E-state index is 0.140. The van der Waals surface area contributed by atoms with E-state index in [2.05, 4.69) is 10.6 Å². The Morgan fingerprint density at radius 1 is 0.905 bits per heavy atom. The number of anilines is 3. The van der Waals surface area contributed by atoms with Gasteiger partial charge < -0.3 is 15.4 Å². The molecule has 2 N–H and O–H groups in total. The zero-order valence-electron chi connectivity index (χ0n) is 23.3. The van der Waals surface area contributed by atoms with E-state index >= 15 is 0 Å². The van der Waals surface area contributed by atoms with Gasteiger partial charge in [0.2, 0.25) is 5.91 Å². The lowest BCUT2D eigenvalue weighted by molar-refractivity contribution is -0.117. The van der Waals surface area contributed by atoms with Crippen LogP contribution in [-0.2, 0) is 9.53 Å². The third-order valence-electron chi connectivity index (χ3n) is 6.57. The molecule has 1 saturated carbocycles. The van der Waals surface area contributed by atoms with Gasteiger partial charge in [0.1, 0.15) is 9.93 Å². The highest BCUT2D eigenvalue weighted by Crippen LogP contribution is 2.65. The Bertz CT molecular complexity index is 1550. The molecule has 1 aliphatic carbocycles. The summed E-state index contributed by atoms with van der Waals surface area (Å²) < 4.78 is 4.06. The van der Waals surface area contributed by atoms with Gasteiger partial charge in [-0.2, -0.15) is 0 Å². The van der Waals surface area contributed by atoms with E-state index in [1.54, 1.807) is 77.2 Å². The van der Waals surface area contributed by atoms with Gasteiger partial charge in [0.15, 0.2) is 0 Å². The smallest absolute Gasteiger partial charge is 0.414 e. The fourth-order valence-corrected chi connectivity index (χ4v) is 6.02. The van der Waals surface area contributed by atoms with Crippen molar-refractivity contribution >= 4 is 93.0 Å². The SMILES string of the molecule is Cc1cc(N(C)C(=O)OC(C)(C)C)ccc1NC(=O)c1cc(NC(=O)[C@H]2[C@H](c3cc(Cl)cc(Cl)c3)C2(Cl)Cl)ccc1Cl. The number of hydrogen-bond donors (Lipinski definition) is 2. The summed E-state index contributed by atoms with van der Waals surface area (Å²) >= 11 is 31.5. The number of rotatable bonds is 6. The molecule has 1 aliphatic rings. The number of halogens is 5. The number of benzene rings is 3. The molecule has 42 heavy (non-hydrogen) atoms. The standard InChI is InChI=1S/C30H28Cl5N3O4/c1-15-10-20(38(5)28(41)42-29(2,3)4)7-9-23(15)37-26(39)21-14-19(6-8-22(21)33)36-27(40)25-24(30(25,34)35)16-11-17(31)13-18(32)12-16/h6-14,24-25H,1-5H3,(H,36,40)(H,37,39)/t24-,25+/m0/s1. The second kappa shape index (κ2) is 12.1. The zero-order valence-corrected chi connectivity index (χ0v) is 27.1. The quantitative estimate of drug-likeness (QED) is 0.256. The van der Waals surface area contributed by atoms with Gasteiger partial charge in [-0.3, -0.25) is 14.5 Å². The van der Waals surface area contributed by atoms with Gasteiger partial charge in [-0.25, -0.2) is 4.79 Å². The van der Waals surface area contributed by atoms with Crippen molar-refractivity contribution in [2.24, 2.45) is 5.92 Å². The van der Waals surface area contributed by atoms with Gasteiger partial charge in [0, 0.05) is 40.1 Å². The summed E-state index contributed by atoms with van der Waals surface area (Å²) in [4.78, 5) is 40.1. The monoisotopic (exact) mass is 669 g/mol. The third-order valence-corrected chi connectivity index (χ3v) is 8.28. The molecule has 7 nitrogen and oxygen atoms in total. The van der Waals surface area contributed by atoms with E-state index in [0.29, 0.717) is 38.2 Å². The first-order valence-electron chi connectivity index (χ1n) is 12.8. The number of ether oxygens (including phenoxy) is 1. The van der Waals surface area contributed by atoms with Crippen molar-refractivity contribution in [3.05, 3.63) is 86.4 Å². The number of carbonyl (C=O) groups is 3. The molecule has 222 valence electrons. The van der Waals surface area contributed by atoms with E-state index in [4.69, 9.17) is 62.7 Å². The van der Waals surface area contributed by atoms with Crippen LogP contribution in [0.25, 0.3) is 0 Å². The van der Waals surface area contributed by atoms with E-state index in [1.807, 2.05) is 0 Å². The van der Waals surface area contributed by atoms with Gasteiger partial charge in [0.05, 0.1) is 16.5 Å². The van der Waals surface area contributed by atoms with Crippen molar-refractivity contribution in [2.75, 3.05) is 22.6 Å². The van der Waals surface area contributed by atoms with Crippen molar-refractivity contribution in [1.82, 2.24) is 0 Å². The number of hydrogen-bond acceptors (Lipinski definition) is 4. The van der Waals surface area contributed by atoms with Gasteiger partial charge in [-0.05, 0) is 93.4 Å². The van der Waals surface area contributed by atoms with Crippen molar-refractivity contribution in [1.29, 1.82) is 0 Å². The van der Waals surface area contributed by atoms with E-state index in [9.17, 15) is 14.4 Å². The number of nitrogens with one attached hydrogen (secondary N) is 2. The summed E-state index contributed by atoms with van der Waals surface area (Å²) in [6, 6.07) is 14.6. The first-order chi connectivity index (χ1) is 19.5. The van der Waals surface area contributed by atoms with Crippen LogP contribution in [0.15, 0.2) is 54.6 Å². The van der Waals surface area contributed by atoms with Crippen molar-refractivity contribution in [3.63, 3.8) is 0 Å². The van der Waals surface area contributed by atoms with Crippen LogP contribution in [0.1, 0.15) is 48.2 Å². The molecule has 3 aromatic carbocycles. The predicted molar refractivity (Wildman–Crippen MR) is 171 cm³/mol. The molecule has 0 unspecified atom stereocenters. The molecule has 0 aliphatic heterocycles. The minimum atomic E-state index is -1.36. The molecule has 0 radical (unpaired) electrons. The fourth-order valence-electron chi connectivity index (χ4n) is 4.44. The molecule has 0 aromatic heterocycles. The maximum absolute atomic E-state index is 13.2. The van der Waals surface area contributed by atoms with Crippen LogP contribution < -0.4 is 15.5 Å². The lowest BCUT2D eigenvalue weighted by Gasteiger charge is -2.25. The van der Waals surface area contributed by atoms with Gasteiger partial charge in [-0.15, -0.1) is 23.2 Å². The van der Waals surface area contributed by atoms with Crippen LogP contribution in [0.4, 0.5) is 21.9 Å². The Hall–Kier alpha value is -2.68. The van der Waals surface area contributed by atoms with Gasteiger partial charge in [-0.1, -0.05) is 34.8 Å². The second-order valence-electron chi connectivity index (χ2n) is 11.0. The number of carbonyl (C=O) groups excluding carboxylic acids is 3. The Morgan fingerprint density at radius 3 is 2.14 bits per heavy atom. The molecule has 0 bridgehead atoms. The fraction of sp³-hybridized carbons (Fsp3) is 0.300. The summed E-state index contributed by atoms with van der Waals surface area (Å²) in [5, 5.41) is 6.60. The second-order valence-corrected chi connectivity index (χ2v) is 13.7. The van der Waals surface area contributed by atoms with Crippen LogP contribution in [0.3, 0.4) is 0 Å². The summed E-state index contributed by atoms with van der Waals surface area (Å²) in [7, 11) is 1.60. The number of nitrogens with zero attached hydrogens (tertiary/aromatic N) is 1. The van der Waals surface area contributed by atoms with E-state index < -0.39 is 39.7 Å². The van der Waals surface area contributed by atoms with Gasteiger partial charge in [0.25, 0.3) is 5.91 Å². The highest BCUT2D eigenvalue weighted by molar-refractivity contribution is 6.53. The summed E-state index contributed by atoms with van der Waals surface area (Å²) in [6.07, 6.45) is -0.501. The average Bonchev–Trinajstić information content (AvgIpc) is 3.46. The van der Waals surface area contributed by atoms with Crippen molar-refractivity contribution in [2.45, 2.75) is 43.5 Å². The molecule has 4 rings (SSSR count). The largest absolute Gasteiger partial charge is 0.443 e. The Labute approximate surface area is 269 Å². The summed E-state index contributed by atoms with van der Waals surface area (Å²) in [5.74, 6) is -2.22. The molecule has 1 fully saturated rings. The average molecular weight is 672 g/mol. The Kier molecular flexibility index (Phi) is 9.31. The maximum atomic E-state index is 13.2. The van der Waals surface area contributed by atoms with E-state index in [0.717, 1.165) is 0 Å². The Morgan fingerprint density at radius 2 is 1.55 bits per heavy atom. The molecule has 0 saturated heterocycles. The molecule has 12 heteroatoms. The van der Waals surface area contributed by atoms with Crippen LogP contribution >= 0.6 is 58.0 Å². The summed E-state index contributed by atoms with van der Waals surface area (Å²) in [6.45, 7) is 7.16. The first-order valence-corrected chi connectivity index (χ1v) is 14.7. The molecular formula is C30H28Cl5N3O4. The molecular weight excluding hydrogens is 644 g/mol. The van der Waals surface area contributed by atoms with Crippen LogP contribution in [0, 0.1) is 12.8 Å². The number of aryl methyl sites for hydroxylation is 1. The molecule has 3 aromatic rings. The molecule has 0 spiro atoms. The molecule has 3 amide bonds. The van der Waals surface area contributed by atoms with Crippen molar-refractivity contribution in [3.8, 4) is 0 Å². The van der Waals surface area contributed by atoms with Crippen molar-refractivity contribution < 1.29 is 19.1 Å². The Balaban J connectivity index is 1.46. The zero-order chi connectivity index (χ0) is 31.1. The number of amides is 3. The van der Waals surface area contributed by atoms with Crippen LogP contribution in [0.2, 0.25) is 15.1 Å². The third kappa shape index (κ3) is 7.26. The lowest BCUT2D eigenvalue weighted by atomic mass is 10.1. The van der Waals surface area contributed by atoms with E-state index in [-0.39, 0.29) is 10.6 Å². The topological polar surface area (TPSA) is 87.7 Å². The molecule has 2 atom stereocenters. The summed E-state index contributed by atoms with van der Waals surface area (Å²) in [5.41, 5.74) is 2.30. The predicted octanol–water partition coefficient (Wildman–Crippen LogP) is 9.10. The minimum Gasteiger partial charge on any atom is -0.443 e. The lowest BCUT2D eigenvalue weighted by Crippen LogP contribution is -2.34. The normalized spacial score (nSPS) is 17.3. The highest BCUT2D eigenvalue weighted by atomic mass is 35.5.